The molecule has 2 aliphatic rings. The van der Waals surface area contributed by atoms with Gasteiger partial charge < -0.3 is 9.64 Å². The number of thioether (sulfide) groups is 1. The van der Waals surface area contributed by atoms with Gasteiger partial charge in [-0.1, -0.05) is 18.2 Å². The van der Waals surface area contributed by atoms with Gasteiger partial charge in [0.15, 0.2) is 0 Å². The summed E-state index contributed by atoms with van der Waals surface area (Å²) in [7, 11) is 0. The van der Waals surface area contributed by atoms with Crippen molar-refractivity contribution in [3.05, 3.63) is 35.6 Å². The van der Waals surface area contributed by atoms with Crippen LogP contribution in [0.15, 0.2) is 24.3 Å². The number of benzene rings is 1. The van der Waals surface area contributed by atoms with E-state index < -0.39 is 0 Å². The first-order valence-electron chi connectivity index (χ1n) is 10.5. The molecule has 2 fully saturated rings. The van der Waals surface area contributed by atoms with Gasteiger partial charge in [-0.2, -0.15) is 11.8 Å². The first-order chi connectivity index (χ1) is 13.7. The summed E-state index contributed by atoms with van der Waals surface area (Å²) in [6, 6.07) is 7.04. The zero-order chi connectivity index (χ0) is 19.8. The van der Waals surface area contributed by atoms with E-state index in [1.54, 1.807) is 17.8 Å². The molecule has 0 radical (unpaired) electrons. The zero-order valence-corrected chi connectivity index (χ0v) is 17.8. The lowest BCUT2D eigenvalue weighted by molar-refractivity contribution is -0.133. The molecule has 2 aliphatic heterocycles. The number of likely N-dealkylation sites (tertiary alicyclic amines) is 1. The van der Waals surface area contributed by atoms with Gasteiger partial charge in [-0.3, -0.25) is 9.69 Å². The second kappa shape index (κ2) is 11.2. The van der Waals surface area contributed by atoms with Gasteiger partial charge in [-0.15, -0.1) is 0 Å². The third kappa shape index (κ3) is 6.46. The van der Waals surface area contributed by atoms with Crippen LogP contribution in [0.1, 0.15) is 37.7 Å². The van der Waals surface area contributed by atoms with Gasteiger partial charge in [0.2, 0.25) is 5.91 Å². The highest BCUT2D eigenvalue weighted by Gasteiger charge is 2.27. The van der Waals surface area contributed by atoms with Crippen molar-refractivity contribution in [1.82, 2.24) is 9.80 Å². The predicted octanol–water partition coefficient (Wildman–Crippen LogP) is 3.80. The fourth-order valence-corrected chi connectivity index (χ4v) is 4.54. The van der Waals surface area contributed by atoms with Crippen molar-refractivity contribution in [2.24, 2.45) is 5.92 Å². The standard InChI is InChI=1S/C22H33FN2O2S/c1-28-14-10-22(26)25(17-20-6-4-13-27-20)15-18-8-11-24(12-9-18)16-19-5-2-3-7-21(19)23/h2-3,5,7,18,20H,4,6,8-17H2,1H3/t20-/m0/s1. The quantitative estimate of drug-likeness (QED) is 0.622. The largest absolute Gasteiger partial charge is 0.376 e. The summed E-state index contributed by atoms with van der Waals surface area (Å²) in [5, 5.41) is 0. The molecule has 3 rings (SSSR count). The normalized spacial score (nSPS) is 21.1. The molecule has 0 bridgehead atoms. The fourth-order valence-electron chi connectivity index (χ4n) is 4.17. The van der Waals surface area contributed by atoms with E-state index >= 15 is 0 Å². The van der Waals surface area contributed by atoms with E-state index in [2.05, 4.69) is 9.80 Å². The summed E-state index contributed by atoms with van der Waals surface area (Å²) in [6.07, 6.45) is 7.15. The minimum absolute atomic E-state index is 0.119. The molecule has 2 heterocycles. The lowest BCUT2D eigenvalue weighted by atomic mass is 9.95. The van der Waals surface area contributed by atoms with Crippen LogP contribution in [0.4, 0.5) is 4.39 Å². The smallest absolute Gasteiger partial charge is 0.223 e. The molecule has 28 heavy (non-hydrogen) atoms. The zero-order valence-electron chi connectivity index (χ0n) is 16.9. The first kappa shape index (κ1) is 21.6. The van der Waals surface area contributed by atoms with Crippen molar-refractivity contribution < 1.29 is 13.9 Å². The maximum absolute atomic E-state index is 13.9. The number of halogens is 1. The Morgan fingerprint density at radius 3 is 2.71 bits per heavy atom. The second-order valence-electron chi connectivity index (χ2n) is 7.99. The van der Waals surface area contributed by atoms with Gasteiger partial charge in [0.25, 0.3) is 0 Å². The van der Waals surface area contributed by atoms with Gasteiger partial charge in [-0.25, -0.2) is 4.39 Å². The van der Waals surface area contributed by atoms with Crippen LogP contribution in [-0.2, 0) is 16.1 Å². The number of rotatable bonds is 9. The number of amides is 1. The van der Waals surface area contributed by atoms with E-state index in [1.165, 1.54) is 6.07 Å². The third-order valence-electron chi connectivity index (χ3n) is 5.86. The van der Waals surface area contributed by atoms with Crippen LogP contribution in [0, 0.1) is 11.7 Å². The van der Waals surface area contributed by atoms with E-state index in [4.69, 9.17) is 4.74 Å². The lowest BCUT2D eigenvalue weighted by Gasteiger charge is -2.35. The summed E-state index contributed by atoms with van der Waals surface area (Å²) in [4.78, 5) is 17.1. The van der Waals surface area contributed by atoms with Crippen molar-refractivity contribution in [1.29, 1.82) is 0 Å². The van der Waals surface area contributed by atoms with E-state index in [0.717, 1.165) is 69.8 Å². The number of hydrogen-bond donors (Lipinski definition) is 0. The van der Waals surface area contributed by atoms with Crippen LogP contribution in [0.3, 0.4) is 0 Å². The van der Waals surface area contributed by atoms with Gasteiger partial charge >= 0.3 is 0 Å². The Morgan fingerprint density at radius 1 is 1.25 bits per heavy atom. The summed E-state index contributed by atoms with van der Waals surface area (Å²) in [5.74, 6) is 1.55. The number of nitrogens with zero attached hydrogens (tertiary/aromatic N) is 2. The number of piperidine rings is 1. The number of carbonyl (C=O) groups excluding carboxylic acids is 1. The molecule has 4 nitrogen and oxygen atoms in total. The molecular formula is C22H33FN2O2S. The number of ether oxygens (including phenoxy) is 1. The molecule has 0 aliphatic carbocycles. The molecule has 0 spiro atoms. The Hall–Kier alpha value is -1.11. The Kier molecular flexibility index (Phi) is 8.62. The Balaban J connectivity index is 1.49. The van der Waals surface area contributed by atoms with Crippen LogP contribution >= 0.6 is 11.8 Å². The van der Waals surface area contributed by atoms with Crippen LogP contribution < -0.4 is 0 Å². The molecule has 0 N–H and O–H groups in total. The maximum Gasteiger partial charge on any atom is 0.223 e. The highest BCUT2D eigenvalue weighted by atomic mass is 32.2. The first-order valence-corrected chi connectivity index (χ1v) is 11.9. The van der Waals surface area contributed by atoms with Crippen molar-refractivity contribution in [2.45, 2.75) is 44.8 Å². The molecule has 1 aromatic rings. The fraction of sp³-hybridized carbons (Fsp3) is 0.682. The third-order valence-corrected chi connectivity index (χ3v) is 6.47. The van der Waals surface area contributed by atoms with Crippen LogP contribution in [0.5, 0.6) is 0 Å². The maximum atomic E-state index is 13.9. The van der Waals surface area contributed by atoms with Crippen molar-refractivity contribution in [2.75, 3.05) is 44.8 Å². The topological polar surface area (TPSA) is 32.8 Å². The average Bonchev–Trinajstić information content (AvgIpc) is 3.22. The van der Waals surface area contributed by atoms with Crippen LogP contribution in [0.2, 0.25) is 0 Å². The van der Waals surface area contributed by atoms with Crippen LogP contribution in [-0.4, -0.2) is 66.6 Å². The highest BCUT2D eigenvalue weighted by molar-refractivity contribution is 7.98. The molecule has 0 saturated carbocycles. The molecule has 1 atom stereocenters. The lowest BCUT2D eigenvalue weighted by Crippen LogP contribution is -2.43. The average molecular weight is 409 g/mol. The summed E-state index contributed by atoms with van der Waals surface area (Å²) >= 11 is 1.72. The van der Waals surface area contributed by atoms with Crippen molar-refractivity contribution >= 4 is 17.7 Å². The predicted molar refractivity (Wildman–Crippen MR) is 113 cm³/mol. The van der Waals surface area contributed by atoms with Gasteiger partial charge in [0.1, 0.15) is 5.82 Å². The molecule has 1 aromatic carbocycles. The van der Waals surface area contributed by atoms with Gasteiger partial charge in [0.05, 0.1) is 6.10 Å². The number of carbonyl (C=O) groups is 1. The Labute approximate surface area is 172 Å². The van der Waals surface area contributed by atoms with Crippen LogP contribution in [0.25, 0.3) is 0 Å². The molecule has 156 valence electrons. The van der Waals surface area contributed by atoms with E-state index in [0.29, 0.717) is 18.9 Å². The SMILES string of the molecule is CSCCC(=O)N(CC1CCN(Cc2ccccc2F)CC1)C[C@@H]1CCCO1. The molecule has 0 aromatic heterocycles. The summed E-state index contributed by atoms with van der Waals surface area (Å²) < 4.78 is 19.7. The van der Waals surface area contributed by atoms with Crippen molar-refractivity contribution in [3.8, 4) is 0 Å². The minimum Gasteiger partial charge on any atom is -0.376 e. The summed E-state index contributed by atoms with van der Waals surface area (Å²) in [6.45, 7) is 5.00. The minimum atomic E-state index is -0.119. The Morgan fingerprint density at radius 2 is 2.04 bits per heavy atom. The second-order valence-corrected chi connectivity index (χ2v) is 8.97. The summed E-state index contributed by atoms with van der Waals surface area (Å²) in [5.41, 5.74) is 0.771. The molecule has 1 amide bonds. The van der Waals surface area contributed by atoms with E-state index in [9.17, 15) is 9.18 Å². The Bertz CT molecular complexity index is 616. The van der Waals surface area contributed by atoms with Crippen molar-refractivity contribution in [3.63, 3.8) is 0 Å². The molecule has 6 heteroatoms. The highest BCUT2D eigenvalue weighted by Crippen LogP contribution is 2.23. The van der Waals surface area contributed by atoms with Gasteiger partial charge in [0, 0.05) is 44.0 Å². The molecular weight excluding hydrogens is 375 g/mol. The molecule has 0 unspecified atom stereocenters. The van der Waals surface area contributed by atoms with E-state index in [-0.39, 0.29) is 17.8 Å². The molecule has 2 saturated heterocycles. The van der Waals surface area contributed by atoms with Gasteiger partial charge in [-0.05, 0) is 57.0 Å². The number of hydrogen-bond acceptors (Lipinski definition) is 4. The monoisotopic (exact) mass is 408 g/mol. The van der Waals surface area contributed by atoms with E-state index in [1.807, 2.05) is 18.4 Å².